The maximum atomic E-state index is 12.5. The van der Waals surface area contributed by atoms with E-state index in [2.05, 4.69) is 4.98 Å². The third-order valence-corrected chi connectivity index (χ3v) is 2.42. The highest BCUT2D eigenvalue weighted by Gasteiger charge is 2.30. The summed E-state index contributed by atoms with van der Waals surface area (Å²) >= 11 is 0. The second kappa shape index (κ2) is 4.25. The number of halogens is 3. The first-order valence-corrected chi connectivity index (χ1v) is 4.93. The predicted octanol–water partition coefficient (Wildman–Crippen LogP) is 1.61. The first-order chi connectivity index (χ1) is 8.43. The van der Waals surface area contributed by atoms with Crippen LogP contribution in [0.4, 0.5) is 13.2 Å². The van der Waals surface area contributed by atoms with E-state index < -0.39 is 17.3 Å². The largest absolute Gasteiger partial charge is 0.416 e. The summed E-state index contributed by atoms with van der Waals surface area (Å²) in [5, 5.41) is 0.0485. The number of fused-ring (bicyclic) bond motifs is 1. The Labute approximate surface area is 98.7 Å². The van der Waals surface area contributed by atoms with Crippen molar-refractivity contribution in [2.45, 2.75) is 12.7 Å². The molecule has 7 heteroatoms. The highest BCUT2D eigenvalue weighted by Crippen LogP contribution is 2.30. The molecule has 0 fully saturated rings. The summed E-state index contributed by atoms with van der Waals surface area (Å²) in [6, 6.07) is 2.69. The van der Waals surface area contributed by atoms with Gasteiger partial charge in [0, 0.05) is 0 Å². The van der Waals surface area contributed by atoms with Crippen LogP contribution in [-0.2, 0) is 17.5 Å². The molecule has 4 nitrogen and oxygen atoms in total. The number of hydrogen-bond acceptors (Lipinski definition) is 3. The highest BCUT2D eigenvalue weighted by atomic mass is 19.4. The Morgan fingerprint density at radius 2 is 2.06 bits per heavy atom. The average Bonchev–Trinajstić information content (AvgIpc) is 2.31. The van der Waals surface area contributed by atoms with Gasteiger partial charge in [-0.3, -0.25) is 9.36 Å². The van der Waals surface area contributed by atoms with E-state index in [9.17, 15) is 22.8 Å². The van der Waals surface area contributed by atoms with Crippen molar-refractivity contribution in [2.24, 2.45) is 0 Å². The van der Waals surface area contributed by atoms with Crippen LogP contribution in [0.3, 0.4) is 0 Å². The van der Waals surface area contributed by atoms with E-state index in [0.717, 1.165) is 29.1 Å². The third kappa shape index (κ3) is 2.11. The van der Waals surface area contributed by atoms with Gasteiger partial charge < -0.3 is 4.79 Å². The summed E-state index contributed by atoms with van der Waals surface area (Å²) < 4.78 is 38.4. The number of alkyl halides is 3. The van der Waals surface area contributed by atoms with E-state index in [4.69, 9.17) is 0 Å². The van der Waals surface area contributed by atoms with Gasteiger partial charge in [-0.05, 0) is 18.2 Å². The smallest absolute Gasteiger partial charge is 0.301 e. The molecular formula is C11H7F3N2O2. The molecule has 0 saturated heterocycles. The van der Waals surface area contributed by atoms with Gasteiger partial charge >= 0.3 is 6.18 Å². The lowest BCUT2D eigenvalue weighted by Gasteiger charge is -2.08. The van der Waals surface area contributed by atoms with Crippen LogP contribution in [0.2, 0.25) is 0 Å². The Morgan fingerprint density at radius 3 is 2.67 bits per heavy atom. The lowest BCUT2D eigenvalue weighted by molar-refractivity contribution is -0.137. The standard InChI is InChI=1S/C11H7F3N2O2/c12-11(13,14)7-1-2-8-9(5-7)15-6-16(3-4-17)10(8)18/h1-2,4-6H,3H2. The van der Waals surface area contributed by atoms with Crippen LogP contribution in [0.5, 0.6) is 0 Å². The van der Waals surface area contributed by atoms with Crippen molar-refractivity contribution in [1.29, 1.82) is 0 Å². The molecule has 1 aromatic carbocycles. The first kappa shape index (κ1) is 12.3. The van der Waals surface area contributed by atoms with Crippen molar-refractivity contribution in [1.82, 2.24) is 9.55 Å². The second-order valence-electron chi connectivity index (χ2n) is 3.60. The summed E-state index contributed by atoms with van der Waals surface area (Å²) in [7, 11) is 0. The minimum Gasteiger partial charge on any atom is -0.301 e. The summed E-state index contributed by atoms with van der Waals surface area (Å²) in [5.74, 6) is 0. The zero-order valence-electron chi connectivity index (χ0n) is 8.94. The molecular weight excluding hydrogens is 249 g/mol. The van der Waals surface area contributed by atoms with Crippen LogP contribution < -0.4 is 5.56 Å². The van der Waals surface area contributed by atoms with Gasteiger partial charge in [-0.1, -0.05) is 0 Å². The topological polar surface area (TPSA) is 52.0 Å². The summed E-state index contributed by atoms with van der Waals surface area (Å²) in [6.45, 7) is -0.178. The van der Waals surface area contributed by atoms with E-state index >= 15 is 0 Å². The lowest BCUT2D eigenvalue weighted by atomic mass is 10.1. The van der Waals surface area contributed by atoms with Gasteiger partial charge in [0.1, 0.15) is 6.29 Å². The molecule has 0 radical (unpaired) electrons. The molecule has 0 spiro atoms. The Kier molecular flexibility index (Phi) is 2.90. The summed E-state index contributed by atoms with van der Waals surface area (Å²) in [5.41, 5.74) is -1.45. The van der Waals surface area contributed by atoms with E-state index in [0.29, 0.717) is 6.29 Å². The molecule has 0 bridgehead atoms. The van der Waals surface area contributed by atoms with Crippen LogP contribution in [0, 0.1) is 0 Å². The molecule has 0 aliphatic rings. The molecule has 0 aliphatic heterocycles. The SMILES string of the molecule is O=CCn1cnc2cc(C(F)(F)F)ccc2c1=O. The van der Waals surface area contributed by atoms with Crippen molar-refractivity contribution in [2.75, 3.05) is 0 Å². The van der Waals surface area contributed by atoms with E-state index in [1.807, 2.05) is 0 Å². The number of benzene rings is 1. The highest BCUT2D eigenvalue weighted by molar-refractivity contribution is 5.78. The fourth-order valence-corrected chi connectivity index (χ4v) is 1.55. The molecule has 1 aromatic heterocycles. The van der Waals surface area contributed by atoms with Crippen LogP contribution in [0.15, 0.2) is 29.3 Å². The molecule has 18 heavy (non-hydrogen) atoms. The Hall–Kier alpha value is -2.18. The van der Waals surface area contributed by atoms with E-state index in [1.54, 1.807) is 0 Å². The zero-order valence-corrected chi connectivity index (χ0v) is 8.94. The molecule has 0 aliphatic carbocycles. The lowest BCUT2D eigenvalue weighted by Crippen LogP contribution is -2.21. The second-order valence-corrected chi connectivity index (χ2v) is 3.60. The van der Waals surface area contributed by atoms with Crippen molar-refractivity contribution < 1.29 is 18.0 Å². The summed E-state index contributed by atoms with van der Waals surface area (Å²) in [6.07, 6.45) is -2.91. The number of hydrogen-bond donors (Lipinski definition) is 0. The van der Waals surface area contributed by atoms with Crippen LogP contribution in [-0.4, -0.2) is 15.8 Å². The van der Waals surface area contributed by atoms with Crippen molar-refractivity contribution in [3.8, 4) is 0 Å². The van der Waals surface area contributed by atoms with Gasteiger partial charge in [0.25, 0.3) is 5.56 Å². The molecule has 0 atom stereocenters. The van der Waals surface area contributed by atoms with Crippen LogP contribution in [0.1, 0.15) is 5.56 Å². The predicted molar refractivity (Wildman–Crippen MR) is 57.1 cm³/mol. The van der Waals surface area contributed by atoms with Gasteiger partial charge in [-0.15, -0.1) is 0 Å². The zero-order chi connectivity index (χ0) is 13.3. The maximum absolute atomic E-state index is 12.5. The van der Waals surface area contributed by atoms with E-state index in [1.165, 1.54) is 0 Å². The van der Waals surface area contributed by atoms with Gasteiger partial charge in [-0.2, -0.15) is 13.2 Å². The number of nitrogens with zero attached hydrogens (tertiary/aromatic N) is 2. The van der Waals surface area contributed by atoms with Crippen molar-refractivity contribution in [3.05, 3.63) is 40.4 Å². The molecule has 0 unspecified atom stereocenters. The minimum absolute atomic E-state index is 0.0445. The fourth-order valence-electron chi connectivity index (χ4n) is 1.55. The third-order valence-electron chi connectivity index (χ3n) is 2.42. The molecule has 2 aromatic rings. The minimum atomic E-state index is -4.48. The number of carbonyl (C=O) groups is 1. The monoisotopic (exact) mass is 256 g/mol. The number of carbonyl (C=O) groups excluding carboxylic acids is 1. The maximum Gasteiger partial charge on any atom is 0.416 e. The quantitative estimate of drug-likeness (QED) is 0.767. The summed E-state index contributed by atoms with van der Waals surface area (Å²) in [4.78, 5) is 25.8. The number of rotatable bonds is 2. The number of aldehydes is 1. The van der Waals surface area contributed by atoms with Crippen LogP contribution >= 0.6 is 0 Å². The first-order valence-electron chi connectivity index (χ1n) is 4.93. The van der Waals surface area contributed by atoms with Gasteiger partial charge in [0.15, 0.2) is 0 Å². The molecule has 0 N–H and O–H groups in total. The van der Waals surface area contributed by atoms with E-state index in [-0.39, 0.29) is 17.4 Å². The van der Waals surface area contributed by atoms with Crippen molar-refractivity contribution >= 4 is 17.2 Å². The van der Waals surface area contributed by atoms with Crippen LogP contribution in [0.25, 0.3) is 10.9 Å². The molecule has 0 saturated carbocycles. The van der Waals surface area contributed by atoms with Gasteiger partial charge in [-0.25, -0.2) is 4.98 Å². The average molecular weight is 256 g/mol. The Balaban J connectivity index is 2.65. The molecule has 1 heterocycles. The van der Waals surface area contributed by atoms with Crippen molar-refractivity contribution in [3.63, 3.8) is 0 Å². The van der Waals surface area contributed by atoms with Gasteiger partial charge in [0.2, 0.25) is 0 Å². The normalized spacial score (nSPS) is 11.7. The molecule has 2 rings (SSSR count). The Bertz CT molecular complexity index is 661. The van der Waals surface area contributed by atoms with Gasteiger partial charge in [0.05, 0.1) is 29.3 Å². The molecule has 94 valence electrons. The number of aromatic nitrogens is 2. The molecule has 0 amide bonds. The fraction of sp³-hybridized carbons (Fsp3) is 0.182. The Morgan fingerprint density at radius 1 is 1.33 bits per heavy atom.